The van der Waals surface area contributed by atoms with Crippen LogP contribution in [-0.4, -0.2) is 30.3 Å². The number of rotatable bonds is 5. The number of anilines is 2. The highest BCUT2D eigenvalue weighted by molar-refractivity contribution is 9.10. The lowest BCUT2D eigenvalue weighted by Gasteiger charge is -2.19. The Labute approximate surface area is 211 Å². The van der Waals surface area contributed by atoms with Gasteiger partial charge in [-0.3, -0.25) is 14.4 Å². The van der Waals surface area contributed by atoms with E-state index in [4.69, 9.17) is 4.74 Å². The van der Waals surface area contributed by atoms with Gasteiger partial charge in [-0.2, -0.15) is 0 Å². The number of hydrogen-bond donors (Lipinski definition) is 1. The number of carbonyl (C=O) groups is 4. The highest BCUT2D eigenvalue weighted by Crippen LogP contribution is 2.55. The van der Waals surface area contributed by atoms with Gasteiger partial charge < -0.3 is 10.1 Å². The van der Waals surface area contributed by atoms with Crippen molar-refractivity contribution in [2.45, 2.75) is 27.2 Å². The van der Waals surface area contributed by atoms with Crippen LogP contribution in [0.4, 0.5) is 11.4 Å². The van der Waals surface area contributed by atoms with Crippen LogP contribution >= 0.6 is 15.9 Å². The topological polar surface area (TPSA) is 92.8 Å². The molecule has 2 aliphatic carbocycles. The zero-order chi connectivity index (χ0) is 25.0. The highest BCUT2D eigenvalue weighted by atomic mass is 79.9. The average Bonchev–Trinajstić information content (AvgIpc) is 3.48. The van der Waals surface area contributed by atoms with E-state index in [-0.39, 0.29) is 41.0 Å². The van der Waals surface area contributed by atoms with E-state index in [2.05, 4.69) is 27.3 Å². The van der Waals surface area contributed by atoms with Crippen molar-refractivity contribution in [2.24, 2.45) is 23.7 Å². The molecule has 2 aromatic rings. The Hall–Kier alpha value is -3.26. The molecule has 0 radical (unpaired) electrons. The van der Waals surface area contributed by atoms with Crippen LogP contribution in [0.2, 0.25) is 0 Å². The molecule has 1 saturated heterocycles. The van der Waals surface area contributed by atoms with Gasteiger partial charge in [0, 0.05) is 10.2 Å². The first-order valence-corrected chi connectivity index (χ1v) is 12.4. The second-order valence-corrected chi connectivity index (χ2v) is 10.4. The molecule has 3 aliphatic rings. The van der Waals surface area contributed by atoms with Gasteiger partial charge in [0.2, 0.25) is 11.8 Å². The highest BCUT2D eigenvalue weighted by Gasteiger charge is 2.60. The minimum Gasteiger partial charge on any atom is -0.452 e. The van der Waals surface area contributed by atoms with Crippen molar-refractivity contribution in [3.8, 4) is 0 Å². The maximum Gasteiger partial charge on any atom is 0.338 e. The van der Waals surface area contributed by atoms with E-state index >= 15 is 0 Å². The fourth-order valence-corrected chi connectivity index (χ4v) is 6.05. The third-order valence-electron chi connectivity index (χ3n) is 7.55. The quantitative estimate of drug-likeness (QED) is 0.343. The predicted octanol–water partition coefficient (Wildman–Crippen LogP) is 4.56. The van der Waals surface area contributed by atoms with Crippen LogP contribution in [0.25, 0.3) is 0 Å². The Morgan fingerprint density at radius 1 is 1.06 bits per heavy atom. The summed E-state index contributed by atoms with van der Waals surface area (Å²) in [6.45, 7) is 5.39. The molecular weight excluding hydrogens is 512 g/mol. The first-order valence-electron chi connectivity index (χ1n) is 11.6. The minimum atomic E-state index is -0.706. The number of carbonyl (C=O) groups excluding carboxylic acids is 4. The molecule has 180 valence electrons. The van der Waals surface area contributed by atoms with Gasteiger partial charge in [0.05, 0.1) is 23.1 Å². The number of fused-ring (bicyclic) bond motifs is 5. The smallest absolute Gasteiger partial charge is 0.338 e. The van der Waals surface area contributed by atoms with Gasteiger partial charge in [-0.1, -0.05) is 33.6 Å². The van der Waals surface area contributed by atoms with Gasteiger partial charge in [0.25, 0.3) is 5.91 Å². The molecule has 5 rings (SSSR count). The second-order valence-electron chi connectivity index (χ2n) is 9.50. The fraction of sp³-hybridized carbons (Fsp3) is 0.333. The van der Waals surface area contributed by atoms with Crippen molar-refractivity contribution in [2.75, 3.05) is 16.8 Å². The molecule has 7 nitrogen and oxygen atoms in total. The van der Waals surface area contributed by atoms with Crippen molar-refractivity contribution in [3.05, 3.63) is 69.2 Å². The third-order valence-corrected chi connectivity index (χ3v) is 8.41. The van der Waals surface area contributed by atoms with Crippen molar-refractivity contribution in [3.63, 3.8) is 0 Å². The number of nitrogens with one attached hydrogen (secondary N) is 1. The fourth-order valence-electron chi connectivity index (χ4n) is 5.62. The SMILES string of the molecule is CC1=C[C@H]2C[C@H]1[C@H]1C(=O)N(c3cccc(C(=O)OCC(=O)Nc4ccc(Br)c(C)c4C)c3)C(=O)[C@H]12. The number of amides is 3. The number of benzene rings is 2. The Balaban J connectivity index is 1.25. The summed E-state index contributed by atoms with van der Waals surface area (Å²) in [6.07, 6.45) is 2.98. The Morgan fingerprint density at radius 2 is 1.80 bits per heavy atom. The van der Waals surface area contributed by atoms with Gasteiger partial charge in [-0.25, -0.2) is 9.69 Å². The molecule has 1 aliphatic heterocycles. The summed E-state index contributed by atoms with van der Waals surface area (Å²) in [7, 11) is 0. The third kappa shape index (κ3) is 3.89. The summed E-state index contributed by atoms with van der Waals surface area (Å²) in [5.41, 5.74) is 4.26. The van der Waals surface area contributed by atoms with E-state index in [1.165, 1.54) is 22.6 Å². The van der Waals surface area contributed by atoms with E-state index in [1.54, 1.807) is 18.2 Å². The molecule has 1 heterocycles. The van der Waals surface area contributed by atoms with Crippen molar-refractivity contribution in [1.29, 1.82) is 0 Å². The van der Waals surface area contributed by atoms with Gasteiger partial charge in [-0.05, 0) is 80.5 Å². The van der Waals surface area contributed by atoms with E-state index < -0.39 is 18.5 Å². The first kappa shape index (κ1) is 23.5. The van der Waals surface area contributed by atoms with Gasteiger partial charge in [-0.15, -0.1) is 0 Å². The van der Waals surface area contributed by atoms with Crippen LogP contribution in [-0.2, 0) is 19.1 Å². The van der Waals surface area contributed by atoms with Crippen LogP contribution in [0.1, 0.15) is 34.8 Å². The minimum absolute atomic E-state index is 0.108. The molecule has 2 aromatic carbocycles. The number of allylic oxidation sites excluding steroid dienone is 2. The number of esters is 1. The Morgan fingerprint density at radius 3 is 2.57 bits per heavy atom. The van der Waals surface area contributed by atoms with Gasteiger partial charge in [0.15, 0.2) is 6.61 Å². The zero-order valence-corrected chi connectivity index (χ0v) is 21.2. The van der Waals surface area contributed by atoms with Gasteiger partial charge >= 0.3 is 5.97 Å². The molecule has 0 aromatic heterocycles. The Bertz CT molecular complexity index is 1320. The molecule has 2 bridgehead atoms. The van der Waals surface area contributed by atoms with E-state index in [0.717, 1.165) is 22.0 Å². The van der Waals surface area contributed by atoms with Crippen molar-refractivity contribution < 1.29 is 23.9 Å². The van der Waals surface area contributed by atoms with Crippen molar-refractivity contribution in [1.82, 2.24) is 0 Å². The number of hydrogen-bond acceptors (Lipinski definition) is 5. The lowest BCUT2D eigenvalue weighted by Crippen LogP contribution is -2.33. The predicted molar refractivity (Wildman–Crippen MR) is 134 cm³/mol. The normalized spacial score (nSPS) is 24.5. The van der Waals surface area contributed by atoms with E-state index in [0.29, 0.717) is 11.4 Å². The van der Waals surface area contributed by atoms with Crippen molar-refractivity contribution >= 4 is 51.0 Å². The molecule has 3 amide bonds. The first-order chi connectivity index (χ1) is 16.7. The number of nitrogens with zero attached hydrogens (tertiary/aromatic N) is 1. The molecule has 0 spiro atoms. The number of imide groups is 1. The summed E-state index contributed by atoms with van der Waals surface area (Å²) in [6, 6.07) is 9.87. The number of ether oxygens (including phenoxy) is 1. The van der Waals surface area contributed by atoms with Crippen LogP contribution in [0.3, 0.4) is 0 Å². The largest absolute Gasteiger partial charge is 0.452 e. The summed E-state index contributed by atoms with van der Waals surface area (Å²) >= 11 is 3.45. The standard InChI is InChI=1S/C27H25BrN2O5/c1-13-9-17-11-19(13)24-23(17)25(32)30(26(24)33)18-6-4-5-16(10-18)27(34)35-12-22(31)29-21-8-7-20(28)14(2)15(21)3/h4-10,17,19,23-24H,11-12H2,1-3H3,(H,29,31)/t17-,19+,23-,24+/m0/s1. The molecule has 0 unspecified atom stereocenters. The summed E-state index contributed by atoms with van der Waals surface area (Å²) in [4.78, 5) is 52.5. The van der Waals surface area contributed by atoms with Crippen LogP contribution < -0.4 is 10.2 Å². The lowest BCUT2D eigenvalue weighted by atomic mass is 9.82. The van der Waals surface area contributed by atoms with Gasteiger partial charge in [0.1, 0.15) is 0 Å². The zero-order valence-electron chi connectivity index (χ0n) is 19.6. The molecule has 2 fully saturated rings. The summed E-state index contributed by atoms with van der Waals surface area (Å²) in [5, 5.41) is 2.75. The maximum atomic E-state index is 13.2. The van der Waals surface area contributed by atoms with E-state index in [1.807, 2.05) is 26.8 Å². The second kappa shape index (κ2) is 8.75. The molecule has 1 saturated carbocycles. The average molecular weight is 537 g/mol. The molecule has 35 heavy (non-hydrogen) atoms. The van der Waals surface area contributed by atoms with Crippen LogP contribution in [0.5, 0.6) is 0 Å². The Kier molecular flexibility index (Phi) is 5.87. The maximum absolute atomic E-state index is 13.2. The van der Waals surface area contributed by atoms with Crippen LogP contribution in [0, 0.1) is 37.5 Å². The van der Waals surface area contributed by atoms with E-state index in [9.17, 15) is 19.2 Å². The molecule has 4 atom stereocenters. The summed E-state index contributed by atoms with van der Waals surface area (Å²) in [5.74, 6) is -1.99. The van der Waals surface area contributed by atoms with Crippen LogP contribution in [0.15, 0.2) is 52.5 Å². The lowest BCUT2D eigenvalue weighted by molar-refractivity contribution is -0.123. The molecular formula is C27H25BrN2O5. The summed E-state index contributed by atoms with van der Waals surface area (Å²) < 4.78 is 6.14. The monoisotopic (exact) mass is 536 g/mol. The number of halogens is 1. The molecule has 1 N–H and O–H groups in total. The molecule has 8 heteroatoms.